The van der Waals surface area contributed by atoms with Gasteiger partial charge >= 0.3 is 5.97 Å². The van der Waals surface area contributed by atoms with E-state index in [-0.39, 0.29) is 16.2 Å². The maximum atomic E-state index is 12.7. The number of esters is 1. The molecular formula is C21H20N2O5S. The fourth-order valence-electron chi connectivity index (χ4n) is 2.70. The molecule has 2 aromatic carbocycles. The number of ketones is 1. The van der Waals surface area contributed by atoms with Crippen molar-refractivity contribution in [1.29, 1.82) is 0 Å². The van der Waals surface area contributed by atoms with Crippen LogP contribution in [-0.4, -0.2) is 31.8 Å². The first-order valence-electron chi connectivity index (χ1n) is 8.88. The first kappa shape index (κ1) is 20.5. The SMILES string of the molecule is CC(NS(=O)(=O)c1cccc(C(=O)OCC(=O)c2ccc[nH]2)c1)c1ccccc1. The molecule has 1 atom stereocenters. The van der Waals surface area contributed by atoms with Crippen LogP contribution in [0.25, 0.3) is 0 Å². The number of Topliss-reactive ketones (excluding diaryl/α,β-unsaturated/α-hetero) is 1. The lowest BCUT2D eigenvalue weighted by Gasteiger charge is -2.15. The summed E-state index contributed by atoms with van der Waals surface area (Å²) in [7, 11) is -3.86. The molecule has 0 aliphatic heterocycles. The van der Waals surface area contributed by atoms with Crippen molar-refractivity contribution in [2.45, 2.75) is 17.9 Å². The van der Waals surface area contributed by atoms with Crippen LogP contribution in [0.2, 0.25) is 0 Å². The van der Waals surface area contributed by atoms with Crippen LogP contribution in [0.15, 0.2) is 77.8 Å². The summed E-state index contributed by atoms with van der Waals surface area (Å²) in [4.78, 5) is 26.8. The topological polar surface area (TPSA) is 105 Å². The van der Waals surface area contributed by atoms with Crippen molar-refractivity contribution in [3.05, 3.63) is 89.7 Å². The summed E-state index contributed by atoms with van der Waals surface area (Å²) in [5, 5.41) is 0. The van der Waals surface area contributed by atoms with Gasteiger partial charge in [0.25, 0.3) is 0 Å². The number of H-pyrrole nitrogens is 1. The predicted molar refractivity (Wildman–Crippen MR) is 107 cm³/mol. The van der Waals surface area contributed by atoms with Crippen molar-refractivity contribution < 1.29 is 22.7 Å². The largest absolute Gasteiger partial charge is 0.454 e. The monoisotopic (exact) mass is 412 g/mol. The number of carbonyl (C=O) groups is 2. The zero-order valence-electron chi connectivity index (χ0n) is 15.7. The first-order chi connectivity index (χ1) is 13.9. The maximum Gasteiger partial charge on any atom is 0.338 e. The van der Waals surface area contributed by atoms with Gasteiger partial charge in [-0.15, -0.1) is 0 Å². The van der Waals surface area contributed by atoms with Crippen LogP contribution in [0.1, 0.15) is 39.4 Å². The number of rotatable bonds is 8. The van der Waals surface area contributed by atoms with Gasteiger partial charge in [0.2, 0.25) is 15.8 Å². The number of ether oxygens (including phenoxy) is 1. The third kappa shape index (κ3) is 5.18. The molecule has 1 heterocycles. The summed E-state index contributed by atoms with van der Waals surface area (Å²) >= 11 is 0. The predicted octanol–water partition coefficient (Wildman–Crippen LogP) is 3.09. The quantitative estimate of drug-likeness (QED) is 0.437. The van der Waals surface area contributed by atoms with Crippen molar-refractivity contribution in [1.82, 2.24) is 9.71 Å². The van der Waals surface area contributed by atoms with Crippen molar-refractivity contribution in [2.75, 3.05) is 6.61 Å². The van der Waals surface area contributed by atoms with Crippen molar-refractivity contribution in [3.63, 3.8) is 0 Å². The van der Waals surface area contributed by atoms with Gasteiger partial charge in [-0.1, -0.05) is 36.4 Å². The smallest absolute Gasteiger partial charge is 0.338 e. The fraction of sp³-hybridized carbons (Fsp3) is 0.143. The molecule has 1 aromatic heterocycles. The summed E-state index contributed by atoms with van der Waals surface area (Å²) in [6, 6.07) is 17.4. The summed E-state index contributed by atoms with van der Waals surface area (Å²) in [6.07, 6.45) is 1.59. The Bertz CT molecular complexity index is 1090. The molecule has 0 bridgehead atoms. The molecule has 0 saturated heterocycles. The lowest BCUT2D eigenvalue weighted by molar-refractivity contribution is 0.0473. The van der Waals surface area contributed by atoms with Gasteiger partial charge in [0.05, 0.1) is 16.2 Å². The Morgan fingerprint density at radius 1 is 1.03 bits per heavy atom. The number of sulfonamides is 1. The molecule has 1 unspecified atom stereocenters. The van der Waals surface area contributed by atoms with E-state index < -0.39 is 28.6 Å². The number of aromatic amines is 1. The number of hydrogen-bond acceptors (Lipinski definition) is 5. The van der Waals surface area contributed by atoms with Gasteiger partial charge in [0, 0.05) is 12.2 Å². The Labute approximate surface area is 168 Å². The van der Waals surface area contributed by atoms with Gasteiger partial charge in [-0.3, -0.25) is 4.79 Å². The second-order valence-electron chi connectivity index (χ2n) is 6.36. The van der Waals surface area contributed by atoms with E-state index in [9.17, 15) is 18.0 Å². The molecule has 0 saturated carbocycles. The van der Waals surface area contributed by atoms with E-state index in [1.54, 1.807) is 25.3 Å². The molecule has 8 heteroatoms. The first-order valence-corrected chi connectivity index (χ1v) is 10.4. The molecule has 0 fully saturated rings. The van der Waals surface area contributed by atoms with Crippen LogP contribution in [0.5, 0.6) is 0 Å². The van der Waals surface area contributed by atoms with Crippen LogP contribution in [0.3, 0.4) is 0 Å². The van der Waals surface area contributed by atoms with Crippen molar-refractivity contribution in [3.8, 4) is 0 Å². The molecule has 3 rings (SSSR count). The molecule has 0 amide bonds. The second-order valence-corrected chi connectivity index (χ2v) is 8.08. The summed E-state index contributed by atoms with van der Waals surface area (Å²) in [5.41, 5.74) is 1.18. The standard InChI is InChI=1S/C21H20N2O5S/c1-15(16-7-3-2-4-8-16)23-29(26,27)18-10-5-9-17(13-18)21(25)28-14-20(24)19-11-6-12-22-19/h2-13,15,22-23H,14H2,1H3. The van der Waals surface area contributed by atoms with Gasteiger partial charge in [-0.25, -0.2) is 17.9 Å². The minimum Gasteiger partial charge on any atom is -0.454 e. The Morgan fingerprint density at radius 3 is 2.48 bits per heavy atom. The summed E-state index contributed by atoms with van der Waals surface area (Å²) in [5.74, 6) is -1.16. The van der Waals surface area contributed by atoms with Crippen LogP contribution in [-0.2, 0) is 14.8 Å². The highest BCUT2D eigenvalue weighted by atomic mass is 32.2. The maximum absolute atomic E-state index is 12.7. The summed E-state index contributed by atoms with van der Waals surface area (Å²) in [6.45, 7) is 1.29. The third-order valence-corrected chi connectivity index (χ3v) is 5.78. The van der Waals surface area contributed by atoms with E-state index in [1.165, 1.54) is 24.3 Å². The van der Waals surface area contributed by atoms with Crippen LogP contribution >= 0.6 is 0 Å². The fourth-order valence-corrected chi connectivity index (χ4v) is 3.97. The van der Waals surface area contributed by atoms with E-state index >= 15 is 0 Å². The highest BCUT2D eigenvalue weighted by Gasteiger charge is 2.20. The number of aromatic nitrogens is 1. The normalized spacial score (nSPS) is 12.3. The van der Waals surface area contributed by atoms with E-state index in [0.29, 0.717) is 5.69 Å². The van der Waals surface area contributed by atoms with Crippen LogP contribution in [0, 0.1) is 0 Å². The molecule has 29 heavy (non-hydrogen) atoms. The lowest BCUT2D eigenvalue weighted by Crippen LogP contribution is -2.27. The number of nitrogens with one attached hydrogen (secondary N) is 2. The van der Waals surface area contributed by atoms with E-state index in [4.69, 9.17) is 4.74 Å². The molecule has 3 aromatic rings. The Hall–Kier alpha value is -3.23. The number of benzene rings is 2. The molecule has 2 N–H and O–H groups in total. The van der Waals surface area contributed by atoms with E-state index in [0.717, 1.165) is 5.56 Å². The molecular weight excluding hydrogens is 392 g/mol. The minimum absolute atomic E-state index is 0.0412. The molecule has 7 nitrogen and oxygen atoms in total. The number of carbonyl (C=O) groups excluding carboxylic acids is 2. The van der Waals surface area contributed by atoms with Crippen LogP contribution in [0.4, 0.5) is 0 Å². The Kier molecular flexibility index (Phi) is 6.26. The van der Waals surface area contributed by atoms with Gasteiger partial charge in [0.15, 0.2) is 6.61 Å². The van der Waals surface area contributed by atoms with Gasteiger partial charge in [-0.05, 0) is 42.8 Å². The molecule has 0 aliphatic carbocycles. The van der Waals surface area contributed by atoms with Crippen molar-refractivity contribution >= 4 is 21.8 Å². The van der Waals surface area contributed by atoms with Crippen molar-refractivity contribution in [2.24, 2.45) is 0 Å². The average molecular weight is 412 g/mol. The minimum atomic E-state index is -3.86. The molecule has 0 spiro atoms. The van der Waals surface area contributed by atoms with Gasteiger partial charge < -0.3 is 9.72 Å². The molecule has 150 valence electrons. The lowest BCUT2D eigenvalue weighted by atomic mass is 10.1. The Morgan fingerprint density at radius 2 is 1.79 bits per heavy atom. The average Bonchev–Trinajstić information content (AvgIpc) is 3.27. The third-order valence-electron chi connectivity index (χ3n) is 4.24. The number of hydrogen-bond donors (Lipinski definition) is 2. The highest BCUT2D eigenvalue weighted by Crippen LogP contribution is 2.18. The zero-order chi connectivity index (χ0) is 20.9. The van der Waals surface area contributed by atoms with Crippen LogP contribution < -0.4 is 4.72 Å². The summed E-state index contributed by atoms with van der Waals surface area (Å²) < 4.78 is 33.0. The van der Waals surface area contributed by atoms with Gasteiger partial charge in [0.1, 0.15) is 0 Å². The second kappa shape index (κ2) is 8.85. The van der Waals surface area contributed by atoms with E-state index in [1.807, 2.05) is 30.3 Å². The van der Waals surface area contributed by atoms with Gasteiger partial charge in [-0.2, -0.15) is 0 Å². The highest BCUT2D eigenvalue weighted by molar-refractivity contribution is 7.89. The zero-order valence-corrected chi connectivity index (χ0v) is 16.5. The van der Waals surface area contributed by atoms with E-state index in [2.05, 4.69) is 9.71 Å². The Balaban J connectivity index is 1.69. The molecule has 0 radical (unpaired) electrons. The molecule has 0 aliphatic rings.